The molecule has 0 aromatic carbocycles. The first-order valence-corrected chi connectivity index (χ1v) is 8.11. The Hall–Kier alpha value is -0.800. The summed E-state index contributed by atoms with van der Waals surface area (Å²) in [5.41, 5.74) is 0. The van der Waals surface area contributed by atoms with E-state index in [0.29, 0.717) is 12.1 Å². The summed E-state index contributed by atoms with van der Waals surface area (Å²) in [7, 11) is 0. The van der Waals surface area contributed by atoms with E-state index in [1.807, 2.05) is 0 Å². The van der Waals surface area contributed by atoms with E-state index in [0.717, 1.165) is 31.2 Å². The van der Waals surface area contributed by atoms with Crippen molar-refractivity contribution < 1.29 is 4.42 Å². The van der Waals surface area contributed by atoms with Crippen LogP contribution in [0.2, 0.25) is 0 Å². The van der Waals surface area contributed by atoms with E-state index in [2.05, 4.69) is 57.0 Å². The highest BCUT2D eigenvalue weighted by molar-refractivity contribution is 5.07. The summed E-state index contributed by atoms with van der Waals surface area (Å²) >= 11 is 0. The molecule has 0 bridgehead atoms. The highest BCUT2D eigenvalue weighted by atomic mass is 16.3. The van der Waals surface area contributed by atoms with E-state index in [1.165, 1.54) is 19.3 Å². The summed E-state index contributed by atoms with van der Waals surface area (Å²) in [6.07, 6.45) is 3.69. The normalized spacial score (nSPS) is 13.3. The van der Waals surface area contributed by atoms with Crippen molar-refractivity contribution >= 4 is 0 Å². The maximum absolute atomic E-state index is 5.94. The van der Waals surface area contributed by atoms with Gasteiger partial charge in [0.05, 0.1) is 13.1 Å². The van der Waals surface area contributed by atoms with Gasteiger partial charge in [-0.05, 0) is 38.4 Å². The van der Waals surface area contributed by atoms with Crippen LogP contribution in [-0.4, -0.2) is 23.5 Å². The summed E-state index contributed by atoms with van der Waals surface area (Å²) < 4.78 is 5.94. The fourth-order valence-corrected chi connectivity index (χ4v) is 2.18. The molecule has 116 valence electrons. The van der Waals surface area contributed by atoms with Crippen LogP contribution in [0.3, 0.4) is 0 Å². The van der Waals surface area contributed by atoms with Gasteiger partial charge in [0.15, 0.2) is 0 Å². The predicted octanol–water partition coefficient (Wildman–Crippen LogP) is 4.18. The van der Waals surface area contributed by atoms with Crippen LogP contribution in [0.4, 0.5) is 0 Å². The van der Waals surface area contributed by atoms with Crippen molar-refractivity contribution in [1.29, 1.82) is 0 Å². The summed E-state index contributed by atoms with van der Waals surface area (Å²) in [6, 6.07) is 5.33. The molecule has 0 amide bonds. The highest BCUT2D eigenvalue weighted by Crippen LogP contribution is 2.15. The van der Waals surface area contributed by atoms with Crippen LogP contribution < -0.4 is 5.32 Å². The predicted molar refractivity (Wildman–Crippen MR) is 85.8 cm³/mol. The van der Waals surface area contributed by atoms with Crippen molar-refractivity contribution in [1.82, 2.24) is 10.2 Å². The Morgan fingerprint density at radius 3 is 2.45 bits per heavy atom. The Labute approximate surface area is 124 Å². The number of nitrogens with zero attached hydrogens (tertiary/aromatic N) is 1. The lowest BCUT2D eigenvalue weighted by atomic mass is 10.2. The van der Waals surface area contributed by atoms with Crippen molar-refractivity contribution in [3.8, 4) is 0 Å². The molecule has 1 aromatic rings. The zero-order chi connectivity index (χ0) is 15.0. The molecular weight excluding hydrogens is 248 g/mol. The fraction of sp³-hybridized carbons (Fsp3) is 0.765. The lowest BCUT2D eigenvalue weighted by molar-refractivity contribution is 0.176. The van der Waals surface area contributed by atoms with Crippen molar-refractivity contribution in [3.63, 3.8) is 0 Å². The zero-order valence-corrected chi connectivity index (χ0v) is 13.9. The molecule has 0 radical (unpaired) electrons. The molecule has 1 unspecified atom stereocenters. The van der Waals surface area contributed by atoms with Crippen molar-refractivity contribution in [2.45, 2.75) is 79.1 Å². The molecule has 1 N–H and O–H groups in total. The monoisotopic (exact) mass is 280 g/mol. The Kier molecular flexibility index (Phi) is 7.93. The summed E-state index contributed by atoms with van der Waals surface area (Å²) in [6.45, 7) is 14.0. The second kappa shape index (κ2) is 9.19. The van der Waals surface area contributed by atoms with Gasteiger partial charge in [0.1, 0.15) is 11.5 Å². The molecule has 20 heavy (non-hydrogen) atoms. The van der Waals surface area contributed by atoms with Crippen LogP contribution >= 0.6 is 0 Å². The van der Waals surface area contributed by atoms with Gasteiger partial charge in [0.2, 0.25) is 0 Å². The molecule has 0 aliphatic carbocycles. The molecule has 1 rings (SSSR count). The average molecular weight is 280 g/mol. The van der Waals surface area contributed by atoms with Gasteiger partial charge in [-0.3, -0.25) is 4.90 Å². The van der Waals surface area contributed by atoms with Crippen LogP contribution in [0.25, 0.3) is 0 Å². The third-order valence-corrected chi connectivity index (χ3v) is 3.77. The van der Waals surface area contributed by atoms with Crippen LogP contribution in [-0.2, 0) is 13.1 Å². The molecule has 0 fully saturated rings. The average Bonchev–Trinajstić information content (AvgIpc) is 2.88. The van der Waals surface area contributed by atoms with Gasteiger partial charge in [0, 0.05) is 12.1 Å². The van der Waals surface area contributed by atoms with Crippen LogP contribution in [0.5, 0.6) is 0 Å². The van der Waals surface area contributed by atoms with E-state index in [4.69, 9.17) is 4.42 Å². The Morgan fingerprint density at radius 1 is 1.15 bits per heavy atom. The molecule has 0 saturated heterocycles. The summed E-state index contributed by atoms with van der Waals surface area (Å²) in [5, 5.41) is 3.39. The SMILES string of the molecule is CCCCN(Cc1ccc(CNC(C)C)o1)C(C)CC. The van der Waals surface area contributed by atoms with E-state index < -0.39 is 0 Å². The zero-order valence-electron chi connectivity index (χ0n) is 13.9. The first-order valence-electron chi connectivity index (χ1n) is 8.11. The molecular formula is C17H32N2O. The van der Waals surface area contributed by atoms with Crippen LogP contribution in [0.1, 0.15) is 65.4 Å². The maximum Gasteiger partial charge on any atom is 0.118 e. The van der Waals surface area contributed by atoms with Crippen LogP contribution in [0, 0.1) is 0 Å². The minimum Gasteiger partial charge on any atom is -0.463 e. The van der Waals surface area contributed by atoms with E-state index in [-0.39, 0.29) is 0 Å². The Morgan fingerprint density at radius 2 is 1.85 bits per heavy atom. The first kappa shape index (κ1) is 17.3. The molecule has 0 saturated carbocycles. The quantitative estimate of drug-likeness (QED) is 0.697. The molecule has 3 nitrogen and oxygen atoms in total. The number of hydrogen-bond acceptors (Lipinski definition) is 3. The fourth-order valence-electron chi connectivity index (χ4n) is 2.18. The molecule has 1 atom stereocenters. The van der Waals surface area contributed by atoms with Crippen molar-refractivity contribution in [3.05, 3.63) is 23.7 Å². The van der Waals surface area contributed by atoms with E-state index in [9.17, 15) is 0 Å². The molecule has 0 spiro atoms. The summed E-state index contributed by atoms with van der Waals surface area (Å²) in [4.78, 5) is 2.53. The standard InChI is InChI=1S/C17H32N2O/c1-6-8-11-19(15(5)7-2)13-17-10-9-16(20-17)12-18-14(3)4/h9-10,14-15,18H,6-8,11-13H2,1-5H3. The molecule has 0 aliphatic heterocycles. The van der Waals surface area contributed by atoms with Gasteiger partial charge in [-0.25, -0.2) is 0 Å². The van der Waals surface area contributed by atoms with Crippen molar-refractivity contribution in [2.24, 2.45) is 0 Å². The van der Waals surface area contributed by atoms with Gasteiger partial charge < -0.3 is 9.73 Å². The minimum absolute atomic E-state index is 0.490. The Balaban J connectivity index is 2.54. The van der Waals surface area contributed by atoms with Crippen LogP contribution in [0.15, 0.2) is 16.5 Å². The minimum atomic E-state index is 0.490. The maximum atomic E-state index is 5.94. The second-order valence-electron chi connectivity index (χ2n) is 5.98. The molecule has 1 heterocycles. The van der Waals surface area contributed by atoms with Gasteiger partial charge in [-0.1, -0.05) is 34.1 Å². The molecule has 0 aliphatic rings. The van der Waals surface area contributed by atoms with Gasteiger partial charge >= 0.3 is 0 Å². The molecule has 1 aromatic heterocycles. The Bertz CT molecular complexity index is 360. The third kappa shape index (κ3) is 6.10. The molecule has 3 heteroatoms. The highest BCUT2D eigenvalue weighted by Gasteiger charge is 2.14. The van der Waals surface area contributed by atoms with Gasteiger partial charge in [-0.2, -0.15) is 0 Å². The number of nitrogens with one attached hydrogen (secondary N) is 1. The van der Waals surface area contributed by atoms with Gasteiger partial charge in [-0.15, -0.1) is 0 Å². The van der Waals surface area contributed by atoms with E-state index in [1.54, 1.807) is 0 Å². The number of unbranched alkanes of at least 4 members (excludes halogenated alkanes) is 1. The third-order valence-electron chi connectivity index (χ3n) is 3.77. The van der Waals surface area contributed by atoms with Gasteiger partial charge in [0.25, 0.3) is 0 Å². The largest absolute Gasteiger partial charge is 0.463 e. The first-order chi connectivity index (χ1) is 9.56. The lowest BCUT2D eigenvalue weighted by Gasteiger charge is -2.27. The summed E-state index contributed by atoms with van der Waals surface area (Å²) in [5.74, 6) is 2.12. The number of hydrogen-bond donors (Lipinski definition) is 1. The lowest BCUT2D eigenvalue weighted by Crippen LogP contribution is -2.32. The van der Waals surface area contributed by atoms with E-state index >= 15 is 0 Å². The number of rotatable bonds is 10. The number of furan rings is 1. The topological polar surface area (TPSA) is 28.4 Å². The second-order valence-corrected chi connectivity index (χ2v) is 5.98. The smallest absolute Gasteiger partial charge is 0.118 e. The van der Waals surface area contributed by atoms with Crippen molar-refractivity contribution in [2.75, 3.05) is 6.54 Å².